The number of rotatable bonds is 9. The molecule has 8 heteroatoms. The molecule has 7 nitrogen and oxygen atoms in total. The van der Waals surface area contributed by atoms with Gasteiger partial charge in [0.2, 0.25) is 0 Å². The Morgan fingerprint density at radius 3 is 2.69 bits per heavy atom. The SMILES string of the molecule is CCCc1c(C(=O)NCC(CCC)C(=O)O)nnn1-c1cccc(Cl)c1. The van der Waals surface area contributed by atoms with E-state index in [9.17, 15) is 14.7 Å². The summed E-state index contributed by atoms with van der Waals surface area (Å²) in [6.07, 6.45) is 2.66. The standard InChI is InChI=1S/C18H23ClN4O3/c1-3-6-12(18(25)26)11-20-17(24)16-15(7-4-2)23(22-21-16)14-9-5-8-13(19)10-14/h5,8-10,12H,3-4,6-7,11H2,1-2H3,(H,20,24)(H,25,26). The Hall–Kier alpha value is -2.41. The molecule has 0 spiro atoms. The van der Waals surface area contributed by atoms with Crippen LogP contribution >= 0.6 is 11.6 Å². The lowest BCUT2D eigenvalue weighted by molar-refractivity contribution is -0.141. The van der Waals surface area contributed by atoms with Crippen LogP contribution in [0.4, 0.5) is 0 Å². The van der Waals surface area contributed by atoms with E-state index in [-0.39, 0.29) is 12.2 Å². The first kappa shape index (κ1) is 19.9. The summed E-state index contributed by atoms with van der Waals surface area (Å²) in [4.78, 5) is 23.8. The number of nitrogens with one attached hydrogen (secondary N) is 1. The number of aromatic nitrogens is 3. The largest absolute Gasteiger partial charge is 0.481 e. The first-order valence-electron chi connectivity index (χ1n) is 8.69. The molecule has 26 heavy (non-hydrogen) atoms. The van der Waals surface area contributed by atoms with E-state index in [1.54, 1.807) is 22.9 Å². The highest BCUT2D eigenvalue weighted by Crippen LogP contribution is 2.18. The highest BCUT2D eigenvalue weighted by molar-refractivity contribution is 6.30. The van der Waals surface area contributed by atoms with Gasteiger partial charge in [0.05, 0.1) is 17.3 Å². The van der Waals surface area contributed by atoms with Gasteiger partial charge in [0, 0.05) is 11.6 Å². The molecule has 1 atom stereocenters. The third-order valence-electron chi connectivity index (χ3n) is 4.01. The lowest BCUT2D eigenvalue weighted by Gasteiger charge is -2.12. The molecule has 0 aliphatic heterocycles. The number of benzene rings is 1. The summed E-state index contributed by atoms with van der Waals surface area (Å²) in [5, 5.41) is 20.6. The van der Waals surface area contributed by atoms with Crippen LogP contribution in [-0.4, -0.2) is 38.5 Å². The van der Waals surface area contributed by atoms with Crippen molar-refractivity contribution >= 4 is 23.5 Å². The van der Waals surface area contributed by atoms with Crippen molar-refractivity contribution in [3.8, 4) is 5.69 Å². The van der Waals surface area contributed by atoms with E-state index < -0.39 is 17.8 Å². The van der Waals surface area contributed by atoms with Crippen molar-refractivity contribution in [2.24, 2.45) is 5.92 Å². The minimum atomic E-state index is -0.913. The quantitative estimate of drug-likeness (QED) is 0.698. The maximum atomic E-state index is 12.5. The summed E-state index contributed by atoms with van der Waals surface area (Å²) in [7, 11) is 0. The second kappa shape index (κ2) is 9.33. The van der Waals surface area contributed by atoms with E-state index in [4.69, 9.17) is 11.6 Å². The summed E-state index contributed by atoms with van der Waals surface area (Å²) < 4.78 is 1.60. The van der Waals surface area contributed by atoms with Gasteiger partial charge in [-0.15, -0.1) is 5.10 Å². The molecule has 2 rings (SSSR count). The van der Waals surface area contributed by atoms with Crippen LogP contribution < -0.4 is 5.32 Å². The molecule has 1 unspecified atom stereocenters. The molecule has 0 bridgehead atoms. The van der Waals surface area contributed by atoms with E-state index in [1.165, 1.54) is 0 Å². The van der Waals surface area contributed by atoms with E-state index in [2.05, 4.69) is 15.6 Å². The van der Waals surface area contributed by atoms with Crippen molar-refractivity contribution in [3.05, 3.63) is 40.7 Å². The second-order valence-corrected chi connectivity index (χ2v) is 6.50. The first-order chi connectivity index (χ1) is 12.5. The number of halogens is 1. The molecule has 2 N–H and O–H groups in total. The highest BCUT2D eigenvalue weighted by Gasteiger charge is 2.22. The van der Waals surface area contributed by atoms with Crippen LogP contribution in [0.1, 0.15) is 49.3 Å². The molecule has 1 aromatic carbocycles. The first-order valence-corrected chi connectivity index (χ1v) is 9.07. The van der Waals surface area contributed by atoms with E-state index >= 15 is 0 Å². The predicted molar refractivity (Wildman–Crippen MR) is 98.7 cm³/mol. The normalized spacial score (nSPS) is 12.0. The Morgan fingerprint density at radius 2 is 2.08 bits per heavy atom. The summed E-state index contributed by atoms with van der Waals surface area (Å²) in [5.74, 6) is -1.94. The van der Waals surface area contributed by atoms with Gasteiger partial charge >= 0.3 is 5.97 Å². The third kappa shape index (κ3) is 4.82. The zero-order chi connectivity index (χ0) is 19.1. The lowest BCUT2D eigenvalue weighted by Crippen LogP contribution is -2.33. The summed E-state index contributed by atoms with van der Waals surface area (Å²) in [6, 6.07) is 7.15. The second-order valence-electron chi connectivity index (χ2n) is 6.06. The lowest BCUT2D eigenvalue weighted by atomic mass is 10.0. The Bertz CT molecular complexity index is 776. The number of carbonyl (C=O) groups is 2. The molecule has 0 saturated carbocycles. The van der Waals surface area contributed by atoms with Gasteiger partial charge < -0.3 is 10.4 Å². The number of hydrogen-bond acceptors (Lipinski definition) is 4. The number of carboxylic acids is 1. The van der Waals surface area contributed by atoms with Crippen LogP contribution in [0.5, 0.6) is 0 Å². The van der Waals surface area contributed by atoms with Crippen molar-refractivity contribution in [2.75, 3.05) is 6.54 Å². The smallest absolute Gasteiger partial charge is 0.308 e. The fraction of sp³-hybridized carbons (Fsp3) is 0.444. The highest BCUT2D eigenvalue weighted by atomic mass is 35.5. The van der Waals surface area contributed by atoms with E-state index in [0.717, 1.165) is 18.5 Å². The average Bonchev–Trinajstić information content (AvgIpc) is 3.02. The molecule has 0 aliphatic carbocycles. The Kier molecular flexibility index (Phi) is 7.15. The Balaban J connectivity index is 2.23. The van der Waals surface area contributed by atoms with E-state index in [0.29, 0.717) is 23.6 Å². The van der Waals surface area contributed by atoms with Crippen LogP contribution in [0.15, 0.2) is 24.3 Å². The van der Waals surface area contributed by atoms with Gasteiger partial charge in [-0.1, -0.05) is 49.6 Å². The molecular formula is C18H23ClN4O3. The molecule has 0 fully saturated rings. The number of amides is 1. The van der Waals surface area contributed by atoms with Crippen LogP contribution in [0.3, 0.4) is 0 Å². The van der Waals surface area contributed by atoms with Gasteiger partial charge in [0.15, 0.2) is 5.69 Å². The average molecular weight is 379 g/mol. The van der Waals surface area contributed by atoms with Crippen LogP contribution in [0, 0.1) is 5.92 Å². The maximum absolute atomic E-state index is 12.5. The summed E-state index contributed by atoms with van der Waals surface area (Å²) in [5.41, 5.74) is 1.61. The fourth-order valence-electron chi connectivity index (χ4n) is 2.72. The topological polar surface area (TPSA) is 97.1 Å². The molecule has 2 aromatic rings. The molecule has 1 amide bonds. The fourth-order valence-corrected chi connectivity index (χ4v) is 2.90. The Labute approximate surface area is 157 Å². The van der Waals surface area contributed by atoms with Gasteiger partial charge in [-0.2, -0.15) is 0 Å². The van der Waals surface area contributed by atoms with Gasteiger partial charge in [0.1, 0.15) is 0 Å². The zero-order valence-corrected chi connectivity index (χ0v) is 15.7. The number of carbonyl (C=O) groups excluding carboxylic acids is 1. The van der Waals surface area contributed by atoms with Gasteiger partial charge in [-0.25, -0.2) is 4.68 Å². The Morgan fingerprint density at radius 1 is 1.31 bits per heavy atom. The van der Waals surface area contributed by atoms with Crippen LogP contribution in [-0.2, 0) is 11.2 Å². The summed E-state index contributed by atoms with van der Waals surface area (Å²) >= 11 is 6.04. The van der Waals surface area contributed by atoms with Crippen LogP contribution in [0.25, 0.3) is 5.69 Å². The van der Waals surface area contributed by atoms with Crippen LogP contribution in [0.2, 0.25) is 5.02 Å². The zero-order valence-electron chi connectivity index (χ0n) is 14.9. The summed E-state index contributed by atoms with van der Waals surface area (Å²) in [6.45, 7) is 3.98. The molecular weight excluding hydrogens is 356 g/mol. The molecule has 0 aliphatic rings. The number of carboxylic acid groups (broad SMARTS) is 1. The van der Waals surface area contributed by atoms with E-state index in [1.807, 2.05) is 19.9 Å². The third-order valence-corrected chi connectivity index (χ3v) is 4.25. The van der Waals surface area contributed by atoms with Gasteiger partial charge in [-0.05, 0) is 31.0 Å². The minimum absolute atomic E-state index is 0.0671. The van der Waals surface area contributed by atoms with Crippen molar-refractivity contribution in [1.29, 1.82) is 0 Å². The van der Waals surface area contributed by atoms with Gasteiger partial charge in [0.25, 0.3) is 5.91 Å². The van der Waals surface area contributed by atoms with Gasteiger partial charge in [-0.3, -0.25) is 9.59 Å². The molecule has 0 radical (unpaired) electrons. The van der Waals surface area contributed by atoms with Crippen molar-refractivity contribution in [1.82, 2.24) is 20.3 Å². The van der Waals surface area contributed by atoms with Crippen molar-refractivity contribution in [2.45, 2.75) is 39.5 Å². The molecule has 1 heterocycles. The van der Waals surface area contributed by atoms with Crippen molar-refractivity contribution < 1.29 is 14.7 Å². The predicted octanol–water partition coefficient (Wildman–Crippen LogP) is 3.10. The monoisotopic (exact) mass is 378 g/mol. The maximum Gasteiger partial charge on any atom is 0.308 e. The van der Waals surface area contributed by atoms with Crippen molar-refractivity contribution in [3.63, 3.8) is 0 Å². The molecule has 0 saturated heterocycles. The number of nitrogens with zero attached hydrogens (tertiary/aromatic N) is 3. The number of hydrogen-bond donors (Lipinski definition) is 2. The minimum Gasteiger partial charge on any atom is -0.481 e. The molecule has 1 aromatic heterocycles. The molecule has 140 valence electrons. The number of aliphatic carboxylic acids is 1.